The molecule has 0 aliphatic rings. The molecule has 0 radical (unpaired) electrons. The highest BCUT2D eigenvalue weighted by molar-refractivity contribution is 5.79. The number of guanidine groups is 1. The van der Waals surface area contributed by atoms with E-state index in [1.807, 2.05) is 41.3 Å². The zero-order valence-corrected chi connectivity index (χ0v) is 17.4. The van der Waals surface area contributed by atoms with Gasteiger partial charge in [-0.2, -0.15) is 5.10 Å². The molecule has 0 unspecified atom stereocenters. The fourth-order valence-electron chi connectivity index (χ4n) is 3.24. The van der Waals surface area contributed by atoms with Crippen LogP contribution in [-0.4, -0.2) is 27.9 Å². The lowest BCUT2D eigenvalue weighted by Gasteiger charge is -2.09. The Kier molecular flexibility index (Phi) is 7.44. The van der Waals surface area contributed by atoms with Gasteiger partial charge < -0.3 is 15.2 Å². The minimum absolute atomic E-state index is 0.456. The highest BCUT2D eigenvalue weighted by atomic mass is 16.5. The summed E-state index contributed by atoms with van der Waals surface area (Å²) in [6.07, 6.45) is 6.06. The fourth-order valence-corrected chi connectivity index (χ4v) is 3.24. The van der Waals surface area contributed by atoms with Crippen LogP contribution in [0.3, 0.4) is 0 Å². The van der Waals surface area contributed by atoms with Crippen molar-refractivity contribution in [3.8, 4) is 0 Å². The van der Waals surface area contributed by atoms with E-state index in [0.29, 0.717) is 25.0 Å². The number of nitrogens with one attached hydrogen (secondary N) is 2. The molecule has 2 heterocycles. The van der Waals surface area contributed by atoms with Crippen LogP contribution in [0.1, 0.15) is 55.2 Å². The summed E-state index contributed by atoms with van der Waals surface area (Å²) in [5.41, 5.74) is 3.35. The molecule has 0 spiro atoms. The lowest BCUT2D eigenvalue weighted by atomic mass is 9.99. The van der Waals surface area contributed by atoms with E-state index < -0.39 is 0 Å². The average Bonchev–Trinajstić information content (AvgIpc) is 3.40. The van der Waals surface area contributed by atoms with Gasteiger partial charge in [-0.05, 0) is 18.4 Å². The molecular weight excluding hydrogens is 364 g/mol. The van der Waals surface area contributed by atoms with Crippen LogP contribution in [0.25, 0.3) is 0 Å². The third-order valence-electron chi connectivity index (χ3n) is 4.97. The third kappa shape index (κ3) is 5.94. The van der Waals surface area contributed by atoms with Crippen LogP contribution in [0.5, 0.6) is 0 Å². The highest BCUT2D eigenvalue weighted by Gasteiger charge is 2.13. The molecule has 0 saturated heterocycles. The van der Waals surface area contributed by atoms with Crippen LogP contribution in [0.15, 0.2) is 58.3 Å². The molecule has 7 heteroatoms. The van der Waals surface area contributed by atoms with Crippen molar-refractivity contribution in [2.45, 2.75) is 52.2 Å². The van der Waals surface area contributed by atoms with Crippen LogP contribution >= 0.6 is 0 Å². The van der Waals surface area contributed by atoms with Crippen molar-refractivity contribution in [3.63, 3.8) is 0 Å². The summed E-state index contributed by atoms with van der Waals surface area (Å²) < 4.78 is 7.40. The third-order valence-corrected chi connectivity index (χ3v) is 4.97. The Morgan fingerprint density at radius 1 is 1.10 bits per heavy atom. The van der Waals surface area contributed by atoms with Crippen molar-refractivity contribution in [1.82, 2.24) is 25.6 Å². The van der Waals surface area contributed by atoms with E-state index >= 15 is 0 Å². The largest absolute Gasteiger partial charge is 0.359 e. The Balaban J connectivity index is 1.47. The van der Waals surface area contributed by atoms with Crippen LogP contribution in [0.2, 0.25) is 0 Å². The van der Waals surface area contributed by atoms with Crippen molar-refractivity contribution in [3.05, 3.63) is 71.4 Å². The molecule has 0 aliphatic heterocycles. The van der Waals surface area contributed by atoms with E-state index in [4.69, 9.17) is 4.52 Å². The molecule has 154 valence electrons. The summed E-state index contributed by atoms with van der Waals surface area (Å²) in [5.74, 6) is 1.98. The van der Waals surface area contributed by atoms with Gasteiger partial charge in [-0.1, -0.05) is 49.3 Å². The molecule has 0 saturated carbocycles. The molecule has 0 fully saturated rings. The molecule has 29 heavy (non-hydrogen) atoms. The Bertz CT molecular complexity index is 895. The van der Waals surface area contributed by atoms with Crippen molar-refractivity contribution in [2.24, 2.45) is 4.99 Å². The van der Waals surface area contributed by atoms with Gasteiger partial charge in [0.25, 0.3) is 0 Å². The summed E-state index contributed by atoms with van der Waals surface area (Å²) in [7, 11) is 1.75. The molecule has 2 aromatic heterocycles. The zero-order valence-electron chi connectivity index (χ0n) is 17.4. The van der Waals surface area contributed by atoms with Crippen molar-refractivity contribution in [1.29, 1.82) is 0 Å². The van der Waals surface area contributed by atoms with Crippen LogP contribution in [-0.2, 0) is 19.6 Å². The van der Waals surface area contributed by atoms with E-state index in [1.54, 1.807) is 7.05 Å². The maximum atomic E-state index is 5.46. The predicted octanol–water partition coefficient (Wildman–Crippen LogP) is 3.69. The van der Waals surface area contributed by atoms with E-state index in [-0.39, 0.29) is 0 Å². The lowest BCUT2D eigenvalue weighted by Crippen LogP contribution is -2.36. The molecular formula is C22H30N6O. The van der Waals surface area contributed by atoms with E-state index in [0.717, 1.165) is 36.4 Å². The number of hydrogen-bond acceptors (Lipinski definition) is 4. The number of nitrogens with zero attached hydrogens (tertiary/aromatic N) is 4. The molecule has 0 bridgehead atoms. The van der Waals surface area contributed by atoms with Gasteiger partial charge in [0.2, 0.25) is 0 Å². The maximum Gasteiger partial charge on any atom is 0.191 e. The second-order valence-corrected chi connectivity index (χ2v) is 7.04. The second-order valence-electron chi connectivity index (χ2n) is 7.04. The van der Waals surface area contributed by atoms with Gasteiger partial charge in [0.1, 0.15) is 0 Å². The van der Waals surface area contributed by atoms with E-state index in [1.165, 1.54) is 5.56 Å². The van der Waals surface area contributed by atoms with E-state index in [2.05, 4.69) is 51.9 Å². The minimum Gasteiger partial charge on any atom is -0.359 e. The van der Waals surface area contributed by atoms with Crippen LogP contribution in [0, 0.1) is 0 Å². The van der Waals surface area contributed by atoms with Crippen molar-refractivity contribution >= 4 is 5.96 Å². The molecule has 0 atom stereocenters. The summed E-state index contributed by atoms with van der Waals surface area (Å²) in [6.45, 7) is 6.30. The first-order valence-electron chi connectivity index (χ1n) is 10.2. The standard InChI is InChI=1S/C22H30N6O/c1-4-19(5-2)21-11-20(29-27-21)14-25-22(23-3)24-12-18-13-26-28(16-18)15-17-9-7-6-8-10-17/h6-11,13,16,19H,4-5,12,14-15H2,1-3H3,(H2,23,24,25). The van der Waals surface area contributed by atoms with E-state index in [9.17, 15) is 0 Å². The number of aromatic nitrogens is 3. The fraction of sp³-hybridized carbons (Fsp3) is 0.409. The second kappa shape index (κ2) is 10.5. The average molecular weight is 395 g/mol. The Morgan fingerprint density at radius 2 is 1.86 bits per heavy atom. The first-order chi connectivity index (χ1) is 14.2. The lowest BCUT2D eigenvalue weighted by molar-refractivity contribution is 0.368. The predicted molar refractivity (Wildman–Crippen MR) is 115 cm³/mol. The molecule has 7 nitrogen and oxygen atoms in total. The maximum absolute atomic E-state index is 5.46. The molecule has 2 N–H and O–H groups in total. The summed E-state index contributed by atoms with van der Waals surface area (Å²) in [4.78, 5) is 4.27. The van der Waals surface area contributed by atoms with Crippen molar-refractivity contribution in [2.75, 3.05) is 7.05 Å². The molecule has 0 amide bonds. The smallest absolute Gasteiger partial charge is 0.191 e. The van der Waals surface area contributed by atoms with Gasteiger partial charge in [-0.3, -0.25) is 9.67 Å². The molecule has 0 aliphatic carbocycles. The Morgan fingerprint density at radius 3 is 2.59 bits per heavy atom. The van der Waals surface area contributed by atoms with Crippen molar-refractivity contribution < 1.29 is 4.52 Å². The summed E-state index contributed by atoms with van der Waals surface area (Å²) in [5, 5.41) is 15.2. The molecule has 1 aromatic carbocycles. The first kappa shape index (κ1) is 20.6. The summed E-state index contributed by atoms with van der Waals surface area (Å²) >= 11 is 0. The first-order valence-corrected chi connectivity index (χ1v) is 10.2. The number of aliphatic imine (C=N–C) groups is 1. The number of rotatable bonds is 9. The van der Waals surface area contributed by atoms with Crippen LogP contribution in [0.4, 0.5) is 0 Å². The van der Waals surface area contributed by atoms with Gasteiger partial charge in [0.05, 0.1) is 25.0 Å². The minimum atomic E-state index is 0.456. The van der Waals surface area contributed by atoms with Crippen LogP contribution < -0.4 is 10.6 Å². The molecule has 3 rings (SSSR count). The Labute approximate surface area is 172 Å². The summed E-state index contributed by atoms with van der Waals surface area (Å²) in [6, 6.07) is 12.3. The highest BCUT2D eigenvalue weighted by Crippen LogP contribution is 2.22. The van der Waals surface area contributed by atoms with Gasteiger partial charge in [-0.25, -0.2) is 0 Å². The normalized spacial score (nSPS) is 11.8. The van der Waals surface area contributed by atoms with Gasteiger partial charge in [0.15, 0.2) is 11.7 Å². The number of benzene rings is 1. The zero-order chi connectivity index (χ0) is 20.5. The van der Waals surface area contributed by atoms with Gasteiger partial charge in [-0.15, -0.1) is 0 Å². The SMILES string of the molecule is CCC(CC)c1cc(CNC(=NC)NCc2cnn(Cc3ccccc3)c2)on1. The van der Waals surface area contributed by atoms with Gasteiger partial charge in [0, 0.05) is 37.3 Å². The number of hydrogen-bond donors (Lipinski definition) is 2. The van der Waals surface area contributed by atoms with Gasteiger partial charge >= 0.3 is 0 Å². The monoisotopic (exact) mass is 394 g/mol. The topological polar surface area (TPSA) is 80.3 Å². The molecule has 3 aromatic rings. The Hall–Kier alpha value is -3.09. The quantitative estimate of drug-likeness (QED) is 0.427.